The zero-order valence-electron chi connectivity index (χ0n) is 13.1. The first-order valence-corrected chi connectivity index (χ1v) is 7.46. The van der Waals surface area contributed by atoms with Gasteiger partial charge in [0.05, 0.1) is 12.3 Å². The van der Waals surface area contributed by atoms with Crippen molar-refractivity contribution >= 4 is 5.97 Å². The molecule has 20 heavy (non-hydrogen) atoms. The van der Waals surface area contributed by atoms with Gasteiger partial charge in [-0.2, -0.15) is 5.10 Å². The second-order valence-corrected chi connectivity index (χ2v) is 5.30. The molecule has 0 aliphatic heterocycles. The van der Waals surface area contributed by atoms with Crippen molar-refractivity contribution in [3.05, 3.63) is 17.5 Å². The smallest absolute Gasteiger partial charge is 0.325 e. The van der Waals surface area contributed by atoms with Crippen molar-refractivity contribution in [1.29, 1.82) is 0 Å². The van der Waals surface area contributed by atoms with Gasteiger partial charge in [-0.05, 0) is 45.6 Å². The number of hydrogen-bond donors (Lipinski definition) is 1. The van der Waals surface area contributed by atoms with Crippen LogP contribution in [0.2, 0.25) is 0 Å². The van der Waals surface area contributed by atoms with Crippen LogP contribution in [0.5, 0.6) is 0 Å². The molecular weight excluding hydrogens is 254 g/mol. The van der Waals surface area contributed by atoms with E-state index in [2.05, 4.69) is 25.0 Å². The average Bonchev–Trinajstić information content (AvgIpc) is 2.81. The topological polar surface area (TPSA) is 70.1 Å². The predicted octanol–water partition coefficient (Wildman–Crippen LogP) is 2.07. The van der Waals surface area contributed by atoms with Gasteiger partial charge in [0.25, 0.3) is 0 Å². The number of aryl methyl sites for hydroxylation is 3. The molecule has 0 saturated heterocycles. The third-order valence-corrected chi connectivity index (χ3v) is 3.45. The van der Waals surface area contributed by atoms with Gasteiger partial charge in [0.1, 0.15) is 5.54 Å². The Bertz CT molecular complexity index is 438. The quantitative estimate of drug-likeness (QED) is 0.741. The molecule has 1 heterocycles. The van der Waals surface area contributed by atoms with Crippen LogP contribution < -0.4 is 5.73 Å². The molecule has 5 nitrogen and oxygen atoms in total. The highest BCUT2D eigenvalue weighted by molar-refractivity contribution is 5.79. The van der Waals surface area contributed by atoms with Crippen molar-refractivity contribution in [2.75, 3.05) is 6.61 Å². The Kier molecular flexibility index (Phi) is 6.20. The molecule has 0 saturated carbocycles. The molecule has 0 spiro atoms. The summed E-state index contributed by atoms with van der Waals surface area (Å²) in [5.41, 5.74) is 7.44. The van der Waals surface area contributed by atoms with Gasteiger partial charge < -0.3 is 10.5 Å². The molecule has 1 aromatic rings. The van der Waals surface area contributed by atoms with Crippen LogP contribution in [-0.4, -0.2) is 27.9 Å². The summed E-state index contributed by atoms with van der Waals surface area (Å²) in [6.45, 7) is 8.90. The van der Waals surface area contributed by atoms with E-state index >= 15 is 0 Å². The molecule has 1 atom stereocenters. The van der Waals surface area contributed by atoms with E-state index in [0.717, 1.165) is 31.5 Å². The zero-order chi connectivity index (χ0) is 15.2. The molecule has 1 unspecified atom stereocenters. The maximum Gasteiger partial charge on any atom is 0.325 e. The lowest BCUT2D eigenvalue weighted by Gasteiger charge is -2.22. The molecular formula is C15H27N3O2. The van der Waals surface area contributed by atoms with Gasteiger partial charge in [-0.3, -0.25) is 9.48 Å². The van der Waals surface area contributed by atoms with Crippen LogP contribution in [-0.2, 0) is 28.9 Å². The second-order valence-electron chi connectivity index (χ2n) is 5.30. The van der Waals surface area contributed by atoms with Crippen LogP contribution in [0.3, 0.4) is 0 Å². The van der Waals surface area contributed by atoms with E-state index in [0.29, 0.717) is 13.0 Å². The largest absolute Gasteiger partial charge is 0.465 e. The second kappa shape index (κ2) is 7.43. The number of nitrogens with two attached hydrogens (primary N) is 1. The Labute approximate surface area is 121 Å². The highest BCUT2D eigenvalue weighted by atomic mass is 16.5. The van der Waals surface area contributed by atoms with Gasteiger partial charge >= 0.3 is 5.97 Å². The molecule has 1 rings (SSSR count). The maximum atomic E-state index is 11.7. The number of nitrogens with zero attached hydrogens (tertiary/aromatic N) is 2. The van der Waals surface area contributed by atoms with Crippen LogP contribution >= 0.6 is 0 Å². The normalized spacial score (nSPS) is 14.1. The Balaban J connectivity index is 2.55. The average molecular weight is 281 g/mol. The third kappa shape index (κ3) is 4.34. The van der Waals surface area contributed by atoms with E-state index in [4.69, 9.17) is 10.5 Å². The standard InChI is InChI=1S/C15H27N3O2/c1-5-12-11-13(6-2)18(17-12)10-8-9-15(4,16)14(19)20-7-3/h11H,5-10,16H2,1-4H3. The fourth-order valence-corrected chi connectivity index (χ4v) is 2.16. The van der Waals surface area contributed by atoms with Crippen LogP contribution in [0.1, 0.15) is 51.9 Å². The molecule has 0 radical (unpaired) electrons. The number of esters is 1. The van der Waals surface area contributed by atoms with Crippen molar-refractivity contribution in [3.63, 3.8) is 0 Å². The first-order chi connectivity index (χ1) is 9.44. The summed E-state index contributed by atoms with van der Waals surface area (Å²) in [7, 11) is 0. The van der Waals surface area contributed by atoms with E-state index in [-0.39, 0.29) is 5.97 Å². The highest BCUT2D eigenvalue weighted by Crippen LogP contribution is 2.14. The van der Waals surface area contributed by atoms with Crippen LogP contribution in [0.25, 0.3) is 0 Å². The third-order valence-electron chi connectivity index (χ3n) is 3.45. The molecule has 0 aromatic carbocycles. The summed E-state index contributed by atoms with van der Waals surface area (Å²) in [5, 5.41) is 4.56. The van der Waals surface area contributed by atoms with Crippen LogP contribution in [0.15, 0.2) is 6.07 Å². The van der Waals surface area contributed by atoms with E-state index in [9.17, 15) is 4.79 Å². The number of hydrogen-bond acceptors (Lipinski definition) is 4. The minimum absolute atomic E-state index is 0.328. The summed E-state index contributed by atoms with van der Waals surface area (Å²) in [6.07, 6.45) is 3.31. The summed E-state index contributed by atoms with van der Waals surface area (Å²) >= 11 is 0. The summed E-state index contributed by atoms with van der Waals surface area (Å²) in [4.78, 5) is 11.7. The number of aromatic nitrogens is 2. The number of carbonyl (C=O) groups is 1. The summed E-state index contributed by atoms with van der Waals surface area (Å²) < 4.78 is 7.02. The first kappa shape index (κ1) is 16.7. The fourth-order valence-electron chi connectivity index (χ4n) is 2.16. The SMILES string of the molecule is CCOC(=O)C(C)(N)CCCn1nc(CC)cc1CC. The lowest BCUT2D eigenvalue weighted by atomic mass is 9.97. The van der Waals surface area contributed by atoms with Gasteiger partial charge in [0, 0.05) is 12.2 Å². The minimum Gasteiger partial charge on any atom is -0.465 e. The van der Waals surface area contributed by atoms with Gasteiger partial charge in [-0.25, -0.2) is 0 Å². The number of rotatable bonds is 8. The molecule has 5 heteroatoms. The predicted molar refractivity (Wildman–Crippen MR) is 79.4 cm³/mol. The zero-order valence-corrected chi connectivity index (χ0v) is 13.1. The number of carbonyl (C=O) groups excluding carboxylic acids is 1. The molecule has 0 aliphatic rings. The highest BCUT2D eigenvalue weighted by Gasteiger charge is 2.29. The minimum atomic E-state index is -0.914. The van der Waals surface area contributed by atoms with Crippen LogP contribution in [0.4, 0.5) is 0 Å². The first-order valence-electron chi connectivity index (χ1n) is 7.46. The molecule has 2 N–H and O–H groups in total. The molecule has 0 fully saturated rings. The molecule has 114 valence electrons. The lowest BCUT2D eigenvalue weighted by Crippen LogP contribution is -2.46. The van der Waals surface area contributed by atoms with Crippen molar-refractivity contribution < 1.29 is 9.53 Å². The molecule has 0 aliphatic carbocycles. The van der Waals surface area contributed by atoms with Crippen LogP contribution in [0, 0.1) is 0 Å². The lowest BCUT2D eigenvalue weighted by molar-refractivity contribution is -0.149. The fraction of sp³-hybridized carbons (Fsp3) is 0.733. The molecule has 0 bridgehead atoms. The van der Waals surface area contributed by atoms with Crippen molar-refractivity contribution in [2.24, 2.45) is 5.73 Å². The van der Waals surface area contributed by atoms with Gasteiger partial charge in [0.15, 0.2) is 0 Å². The summed E-state index contributed by atoms with van der Waals surface area (Å²) in [5.74, 6) is -0.328. The van der Waals surface area contributed by atoms with Gasteiger partial charge in [-0.15, -0.1) is 0 Å². The van der Waals surface area contributed by atoms with E-state index in [1.807, 2.05) is 4.68 Å². The monoisotopic (exact) mass is 281 g/mol. The maximum absolute atomic E-state index is 11.7. The van der Waals surface area contributed by atoms with Crippen molar-refractivity contribution in [3.8, 4) is 0 Å². The van der Waals surface area contributed by atoms with E-state index < -0.39 is 5.54 Å². The van der Waals surface area contributed by atoms with Gasteiger partial charge in [-0.1, -0.05) is 13.8 Å². The Hall–Kier alpha value is -1.36. The Morgan fingerprint density at radius 3 is 2.65 bits per heavy atom. The Morgan fingerprint density at radius 2 is 2.10 bits per heavy atom. The van der Waals surface area contributed by atoms with Crippen molar-refractivity contribution in [1.82, 2.24) is 9.78 Å². The van der Waals surface area contributed by atoms with Crippen molar-refractivity contribution in [2.45, 2.75) is 65.5 Å². The Morgan fingerprint density at radius 1 is 1.40 bits per heavy atom. The molecule has 1 aromatic heterocycles. The van der Waals surface area contributed by atoms with E-state index in [1.54, 1.807) is 13.8 Å². The number of ether oxygens (including phenoxy) is 1. The van der Waals surface area contributed by atoms with Gasteiger partial charge in [0.2, 0.25) is 0 Å². The molecule has 0 amide bonds. The van der Waals surface area contributed by atoms with E-state index in [1.165, 1.54) is 5.69 Å². The summed E-state index contributed by atoms with van der Waals surface area (Å²) in [6, 6.07) is 2.15.